The van der Waals surface area contributed by atoms with Crippen LogP contribution in [0.4, 0.5) is 5.95 Å². The minimum atomic E-state index is -0.250. The summed E-state index contributed by atoms with van der Waals surface area (Å²) in [5, 5.41) is 10.1. The number of anilines is 1. The second-order valence-corrected chi connectivity index (χ2v) is 7.06. The van der Waals surface area contributed by atoms with E-state index in [1.165, 1.54) is 18.4 Å². The molecule has 1 saturated heterocycles. The molecular formula is C22H27N5O3. The van der Waals surface area contributed by atoms with Crippen molar-refractivity contribution in [3.05, 3.63) is 60.7 Å². The van der Waals surface area contributed by atoms with Crippen molar-refractivity contribution in [2.75, 3.05) is 18.5 Å². The zero-order valence-corrected chi connectivity index (χ0v) is 16.9. The monoisotopic (exact) mass is 409 g/mol. The number of nitrogens with zero attached hydrogens (tertiary/aromatic N) is 4. The molecule has 0 spiro atoms. The molecule has 0 aliphatic carbocycles. The molecule has 2 N–H and O–H groups in total. The van der Waals surface area contributed by atoms with Crippen LogP contribution in [0.2, 0.25) is 0 Å². The summed E-state index contributed by atoms with van der Waals surface area (Å²) < 4.78 is 7.77. The Labute approximate surface area is 176 Å². The molecule has 8 heteroatoms. The number of benzene rings is 1. The summed E-state index contributed by atoms with van der Waals surface area (Å²) in [5.74, 6) is 2.19. The SMILES string of the molecule is O=CO.c1ccc(CNc2ncc(-c3nccn3CCC3CCCOC3)cn2)cc1. The fourth-order valence-corrected chi connectivity index (χ4v) is 3.42. The summed E-state index contributed by atoms with van der Waals surface area (Å²) in [7, 11) is 0. The lowest BCUT2D eigenvalue weighted by molar-refractivity contribution is -0.122. The minimum absolute atomic E-state index is 0.250. The Morgan fingerprint density at radius 1 is 1.20 bits per heavy atom. The number of carboxylic acid groups (broad SMARTS) is 1. The van der Waals surface area contributed by atoms with Crippen LogP contribution in [0.3, 0.4) is 0 Å². The van der Waals surface area contributed by atoms with Crippen molar-refractivity contribution in [3.63, 3.8) is 0 Å². The van der Waals surface area contributed by atoms with Crippen molar-refractivity contribution in [1.29, 1.82) is 0 Å². The summed E-state index contributed by atoms with van der Waals surface area (Å²) in [6.45, 7) is 3.19. The maximum atomic E-state index is 8.36. The second-order valence-electron chi connectivity index (χ2n) is 7.06. The van der Waals surface area contributed by atoms with Gasteiger partial charge in [0.2, 0.25) is 5.95 Å². The number of aromatic nitrogens is 4. The maximum absolute atomic E-state index is 8.36. The highest BCUT2D eigenvalue weighted by atomic mass is 16.5. The number of rotatable bonds is 7. The van der Waals surface area contributed by atoms with Crippen molar-refractivity contribution >= 4 is 12.4 Å². The molecule has 158 valence electrons. The summed E-state index contributed by atoms with van der Waals surface area (Å²) in [6.07, 6.45) is 11.1. The Morgan fingerprint density at radius 2 is 1.97 bits per heavy atom. The number of carbonyl (C=O) groups is 1. The van der Waals surface area contributed by atoms with Gasteiger partial charge in [-0.2, -0.15) is 0 Å². The molecule has 8 nitrogen and oxygen atoms in total. The lowest BCUT2D eigenvalue weighted by atomic mass is 9.99. The molecule has 1 aliphatic heterocycles. The third-order valence-electron chi connectivity index (χ3n) is 4.95. The predicted octanol–water partition coefficient (Wildman–Crippen LogP) is 3.47. The van der Waals surface area contributed by atoms with Gasteiger partial charge in [-0.3, -0.25) is 4.79 Å². The first kappa shape index (κ1) is 21.4. The fraction of sp³-hybridized carbons (Fsp3) is 0.364. The van der Waals surface area contributed by atoms with E-state index in [-0.39, 0.29) is 6.47 Å². The first-order valence-corrected chi connectivity index (χ1v) is 10.1. The summed E-state index contributed by atoms with van der Waals surface area (Å²) in [5.41, 5.74) is 2.14. The average molecular weight is 409 g/mol. The Morgan fingerprint density at radius 3 is 2.67 bits per heavy atom. The van der Waals surface area contributed by atoms with Gasteiger partial charge in [-0.1, -0.05) is 30.3 Å². The van der Waals surface area contributed by atoms with Crippen LogP contribution < -0.4 is 5.32 Å². The van der Waals surface area contributed by atoms with Gasteiger partial charge in [-0.15, -0.1) is 0 Å². The van der Waals surface area contributed by atoms with E-state index < -0.39 is 0 Å². The first-order valence-electron chi connectivity index (χ1n) is 10.1. The number of aryl methyl sites for hydroxylation is 1. The van der Waals surface area contributed by atoms with Gasteiger partial charge in [0.15, 0.2) is 0 Å². The Kier molecular flexibility index (Phi) is 8.34. The van der Waals surface area contributed by atoms with E-state index in [0.29, 0.717) is 18.4 Å². The molecule has 1 atom stereocenters. The van der Waals surface area contributed by atoms with Gasteiger partial charge in [-0.25, -0.2) is 15.0 Å². The normalized spacial score (nSPS) is 15.7. The number of hydrogen-bond acceptors (Lipinski definition) is 6. The zero-order valence-electron chi connectivity index (χ0n) is 16.9. The molecule has 1 fully saturated rings. The van der Waals surface area contributed by atoms with Crippen molar-refractivity contribution in [2.45, 2.75) is 32.4 Å². The maximum Gasteiger partial charge on any atom is 0.290 e. The van der Waals surface area contributed by atoms with Crippen molar-refractivity contribution < 1.29 is 14.6 Å². The largest absolute Gasteiger partial charge is 0.483 e. The summed E-state index contributed by atoms with van der Waals surface area (Å²) >= 11 is 0. The molecule has 4 rings (SSSR count). The van der Waals surface area contributed by atoms with E-state index >= 15 is 0 Å². The van der Waals surface area contributed by atoms with Crippen LogP contribution in [0, 0.1) is 5.92 Å². The highest BCUT2D eigenvalue weighted by Crippen LogP contribution is 2.21. The molecule has 1 aliphatic rings. The van der Waals surface area contributed by atoms with Crippen molar-refractivity contribution in [1.82, 2.24) is 19.5 Å². The Bertz CT molecular complexity index is 877. The molecule has 0 bridgehead atoms. The van der Waals surface area contributed by atoms with Gasteiger partial charge < -0.3 is 19.7 Å². The molecule has 0 radical (unpaired) electrons. The summed E-state index contributed by atoms with van der Waals surface area (Å²) in [4.78, 5) is 21.8. The highest BCUT2D eigenvalue weighted by molar-refractivity contribution is 5.53. The van der Waals surface area contributed by atoms with Gasteiger partial charge >= 0.3 is 0 Å². The van der Waals surface area contributed by atoms with Gasteiger partial charge in [0, 0.05) is 51.1 Å². The van der Waals surface area contributed by atoms with E-state index in [0.717, 1.165) is 37.6 Å². The average Bonchev–Trinajstić information content (AvgIpc) is 3.27. The fourth-order valence-electron chi connectivity index (χ4n) is 3.42. The molecule has 3 heterocycles. The molecule has 2 aromatic heterocycles. The topological polar surface area (TPSA) is 102 Å². The minimum Gasteiger partial charge on any atom is -0.483 e. The van der Waals surface area contributed by atoms with Crippen molar-refractivity contribution in [2.24, 2.45) is 5.92 Å². The quantitative estimate of drug-likeness (QED) is 0.576. The van der Waals surface area contributed by atoms with Crippen LogP contribution in [0.15, 0.2) is 55.1 Å². The lowest BCUT2D eigenvalue weighted by Gasteiger charge is -2.22. The number of imidazole rings is 1. The van der Waals surface area contributed by atoms with Gasteiger partial charge in [0.25, 0.3) is 6.47 Å². The van der Waals surface area contributed by atoms with E-state index in [1.54, 1.807) is 0 Å². The molecule has 1 aromatic carbocycles. The molecule has 0 saturated carbocycles. The highest BCUT2D eigenvalue weighted by Gasteiger charge is 2.15. The molecule has 3 aromatic rings. The smallest absolute Gasteiger partial charge is 0.290 e. The Hall–Kier alpha value is -3.26. The molecular weight excluding hydrogens is 382 g/mol. The number of nitrogens with one attached hydrogen (secondary N) is 1. The first-order chi connectivity index (χ1) is 14.8. The van der Waals surface area contributed by atoms with Gasteiger partial charge in [0.1, 0.15) is 5.82 Å². The predicted molar refractivity (Wildman–Crippen MR) is 114 cm³/mol. The van der Waals surface area contributed by atoms with Crippen LogP contribution in [0.5, 0.6) is 0 Å². The van der Waals surface area contributed by atoms with E-state index in [9.17, 15) is 0 Å². The molecule has 30 heavy (non-hydrogen) atoms. The van der Waals surface area contributed by atoms with Crippen LogP contribution >= 0.6 is 0 Å². The van der Waals surface area contributed by atoms with Crippen LogP contribution in [-0.2, 0) is 22.6 Å². The summed E-state index contributed by atoms with van der Waals surface area (Å²) in [6, 6.07) is 10.2. The Balaban J connectivity index is 0.000000806. The van der Waals surface area contributed by atoms with E-state index in [1.807, 2.05) is 43.0 Å². The van der Waals surface area contributed by atoms with Crippen LogP contribution in [0.25, 0.3) is 11.4 Å². The second kappa shape index (κ2) is 11.7. The number of hydrogen-bond donors (Lipinski definition) is 2. The third kappa shape index (κ3) is 6.38. The number of ether oxygens (including phenoxy) is 1. The van der Waals surface area contributed by atoms with Crippen LogP contribution in [0.1, 0.15) is 24.8 Å². The third-order valence-corrected chi connectivity index (χ3v) is 4.95. The van der Waals surface area contributed by atoms with Gasteiger partial charge in [0.05, 0.1) is 5.56 Å². The standard InChI is InChI=1S/C21H25N5O.CH2O2/c1-2-5-17(6-3-1)13-23-21-24-14-19(15-25-21)20-22-9-11-26(20)10-8-18-7-4-12-27-16-18;2-1-3/h1-3,5-6,9,11,14-15,18H,4,7-8,10,12-13,16H2,(H,23,24,25);1H,(H,2,3). The van der Waals surface area contributed by atoms with Crippen LogP contribution in [-0.4, -0.2) is 44.3 Å². The molecule has 0 amide bonds. The lowest BCUT2D eigenvalue weighted by Crippen LogP contribution is -2.19. The molecule has 1 unspecified atom stereocenters. The van der Waals surface area contributed by atoms with Crippen molar-refractivity contribution in [3.8, 4) is 11.4 Å². The van der Waals surface area contributed by atoms with E-state index in [4.69, 9.17) is 14.6 Å². The van der Waals surface area contributed by atoms with E-state index in [2.05, 4.69) is 37.0 Å². The zero-order chi connectivity index (χ0) is 21.0. The van der Waals surface area contributed by atoms with Gasteiger partial charge in [-0.05, 0) is 30.7 Å².